The second-order valence-corrected chi connectivity index (χ2v) is 7.22. The van der Waals surface area contributed by atoms with Crippen LogP contribution in [0.25, 0.3) is 11.4 Å². The molecule has 1 heterocycles. The van der Waals surface area contributed by atoms with Crippen molar-refractivity contribution in [1.82, 2.24) is 14.8 Å². The van der Waals surface area contributed by atoms with Gasteiger partial charge in [-0.1, -0.05) is 48.2 Å². The summed E-state index contributed by atoms with van der Waals surface area (Å²) in [6, 6.07) is 14.0. The maximum atomic E-state index is 13.7. The number of amides is 1. The molecule has 0 bridgehead atoms. The predicted molar refractivity (Wildman–Crippen MR) is 102 cm³/mol. The molecule has 1 amide bonds. The summed E-state index contributed by atoms with van der Waals surface area (Å²) in [5, 5.41) is 11.2. The summed E-state index contributed by atoms with van der Waals surface area (Å²) in [6.45, 7) is 3.77. The fraction of sp³-hybridized carbons (Fsp3) is 0.211. The lowest BCUT2D eigenvalue weighted by Gasteiger charge is -2.12. The van der Waals surface area contributed by atoms with Crippen LogP contribution < -0.4 is 5.32 Å². The first-order chi connectivity index (χ1) is 12.5. The number of nitrogens with one attached hydrogen (secondary N) is 1. The molecule has 0 radical (unpaired) electrons. The van der Waals surface area contributed by atoms with Crippen molar-refractivity contribution in [3.8, 4) is 11.4 Å². The van der Waals surface area contributed by atoms with Crippen LogP contribution in [-0.2, 0) is 11.8 Å². The van der Waals surface area contributed by atoms with Gasteiger partial charge in [-0.15, -0.1) is 10.2 Å². The molecule has 0 aliphatic carbocycles. The lowest BCUT2D eigenvalue weighted by atomic mass is 10.1. The van der Waals surface area contributed by atoms with E-state index in [2.05, 4.69) is 15.5 Å². The van der Waals surface area contributed by atoms with Gasteiger partial charge < -0.3 is 9.88 Å². The fourth-order valence-electron chi connectivity index (χ4n) is 2.48. The first-order valence-corrected chi connectivity index (χ1v) is 9.02. The number of para-hydroxylation sites is 1. The molecule has 0 aliphatic rings. The lowest BCUT2D eigenvalue weighted by Crippen LogP contribution is -2.23. The fourth-order valence-corrected chi connectivity index (χ4v) is 3.30. The number of hydrogen-bond donors (Lipinski definition) is 1. The number of carbonyl (C=O) groups is 1. The van der Waals surface area contributed by atoms with Crippen LogP contribution in [0.2, 0.25) is 0 Å². The first-order valence-electron chi connectivity index (χ1n) is 8.15. The zero-order valence-corrected chi connectivity index (χ0v) is 15.5. The molecule has 0 fully saturated rings. The Morgan fingerprint density at radius 3 is 2.58 bits per heavy atom. The van der Waals surface area contributed by atoms with E-state index >= 15 is 0 Å². The number of hydrogen-bond acceptors (Lipinski definition) is 4. The van der Waals surface area contributed by atoms with Gasteiger partial charge in [-0.05, 0) is 31.5 Å². The molecule has 1 aromatic heterocycles. The van der Waals surface area contributed by atoms with Crippen molar-refractivity contribution in [2.45, 2.75) is 24.3 Å². The van der Waals surface area contributed by atoms with Gasteiger partial charge in [0.15, 0.2) is 11.0 Å². The van der Waals surface area contributed by atoms with E-state index in [0.717, 1.165) is 17.0 Å². The summed E-state index contributed by atoms with van der Waals surface area (Å²) in [5.41, 5.74) is 2.27. The Kier molecular flexibility index (Phi) is 5.37. The molecule has 2 aromatic carbocycles. The van der Waals surface area contributed by atoms with Crippen molar-refractivity contribution in [2.75, 3.05) is 5.32 Å². The van der Waals surface area contributed by atoms with Crippen LogP contribution in [0.15, 0.2) is 53.7 Å². The number of halogens is 1. The minimum Gasteiger partial charge on any atom is -0.323 e. The molecular weight excluding hydrogens is 351 g/mol. The van der Waals surface area contributed by atoms with E-state index in [9.17, 15) is 9.18 Å². The molecule has 0 aliphatic heterocycles. The summed E-state index contributed by atoms with van der Waals surface area (Å²) in [6.07, 6.45) is 0. The van der Waals surface area contributed by atoms with E-state index in [4.69, 9.17) is 0 Å². The van der Waals surface area contributed by atoms with Crippen LogP contribution in [0.1, 0.15) is 12.5 Å². The number of aryl methyl sites for hydroxylation is 1. The Bertz CT molecular complexity index is 941. The quantitative estimate of drug-likeness (QED) is 0.689. The van der Waals surface area contributed by atoms with Gasteiger partial charge in [0.1, 0.15) is 5.82 Å². The minimum absolute atomic E-state index is 0.170. The molecule has 26 heavy (non-hydrogen) atoms. The maximum absolute atomic E-state index is 13.7. The number of thioether (sulfide) groups is 1. The van der Waals surface area contributed by atoms with E-state index < -0.39 is 11.1 Å². The van der Waals surface area contributed by atoms with Gasteiger partial charge in [0.2, 0.25) is 5.91 Å². The number of anilines is 1. The van der Waals surface area contributed by atoms with E-state index in [-0.39, 0.29) is 11.6 Å². The highest BCUT2D eigenvalue weighted by molar-refractivity contribution is 8.00. The van der Waals surface area contributed by atoms with Crippen molar-refractivity contribution < 1.29 is 9.18 Å². The van der Waals surface area contributed by atoms with Gasteiger partial charge in [-0.2, -0.15) is 0 Å². The standard InChI is InChI=1S/C19H19FN4OS/c1-12-8-4-5-9-14(12)17-22-23-19(24(17)3)26-13(2)18(25)21-16-11-7-6-10-15(16)20/h4-11,13H,1-3H3,(H,21,25)/t13-/m0/s1. The largest absolute Gasteiger partial charge is 0.323 e. The van der Waals surface area contributed by atoms with E-state index in [0.29, 0.717) is 5.16 Å². The Balaban J connectivity index is 1.74. The second kappa shape index (κ2) is 7.70. The van der Waals surface area contributed by atoms with Crippen molar-refractivity contribution in [3.63, 3.8) is 0 Å². The summed E-state index contributed by atoms with van der Waals surface area (Å²) in [7, 11) is 1.87. The molecule has 7 heteroatoms. The first kappa shape index (κ1) is 18.1. The van der Waals surface area contributed by atoms with Crippen LogP contribution in [0, 0.1) is 12.7 Å². The summed E-state index contributed by atoms with van der Waals surface area (Å²) in [4.78, 5) is 12.4. The topological polar surface area (TPSA) is 59.8 Å². The monoisotopic (exact) mass is 370 g/mol. The van der Waals surface area contributed by atoms with E-state index in [1.54, 1.807) is 19.1 Å². The van der Waals surface area contributed by atoms with E-state index in [1.165, 1.54) is 23.9 Å². The van der Waals surface area contributed by atoms with Crippen molar-refractivity contribution in [2.24, 2.45) is 7.05 Å². The second-order valence-electron chi connectivity index (χ2n) is 5.91. The average Bonchev–Trinajstić information content (AvgIpc) is 2.98. The Hall–Kier alpha value is -2.67. The number of benzene rings is 2. The summed E-state index contributed by atoms with van der Waals surface area (Å²) in [5.74, 6) is -0.00796. The third-order valence-electron chi connectivity index (χ3n) is 4.00. The average molecular weight is 370 g/mol. The molecule has 0 saturated heterocycles. The molecule has 0 spiro atoms. The third-order valence-corrected chi connectivity index (χ3v) is 5.14. The Morgan fingerprint density at radius 2 is 1.85 bits per heavy atom. The summed E-state index contributed by atoms with van der Waals surface area (Å²) >= 11 is 1.28. The number of carbonyl (C=O) groups excluding carboxylic acids is 1. The third kappa shape index (κ3) is 3.77. The van der Waals surface area contributed by atoms with Gasteiger partial charge in [0.05, 0.1) is 10.9 Å². The van der Waals surface area contributed by atoms with Gasteiger partial charge in [-0.3, -0.25) is 4.79 Å². The molecule has 1 atom stereocenters. The van der Waals surface area contributed by atoms with Gasteiger partial charge >= 0.3 is 0 Å². The Morgan fingerprint density at radius 1 is 1.15 bits per heavy atom. The zero-order valence-electron chi connectivity index (χ0n) is 14.7. The predicted octanol–water partition coefficient (Wildman–Crippen LogP) is 4.05. The normalized spacial score (nSPS) is 12.0. The van der Waals surface area contributed by atoms with Gasteiger partial charge in [-0.25, -0.2) is 4.39 Å². The van der Waals surface area contributed by atoms with Gasteiger partial charge in [0.25, 0.3) is 0 Å². The number of rotatable bonds is 5. The van der Waals surface area contributed by atoms with Crippen LogP contribution >= 0.6 is 11.8 Å². The maximum Gasteiger partial charge on any atom is 0.237 e. The SMILES string of the molecule is Cc1ccccc1-c1nnc(S[C@@H](C)C(=O)Nc2ccccc2F)n1C. The lowest BCUT2D eigenvalue weighted by molar-refractivity contribution is -0.115. The van der Waals surface area contributed by atoms with Crippen molar-refractivity contribution >= 4 is 23.4 Å². The minimum atomic E-state index is -0.460. The number of aromatic nitrogens is 3. The number of nitrogens with zero attached hydrogens (tertiary/aromatic N) is 3. The molecule has 3 aromatic rings. The molecule has 0 saturated carbocycles. The highest BCUT2D eigenvalue weighted by Gasteiger charge is 2.20. The van der Waals surface area contributed by atoms with Crippen LogP contribution in [0.5, 0.6) is 0 Å². The van der Waals surface area contributed by atoms with Crippen LogP contribution in [0.3, 0.4) is 0 Å². The highest BCUT2D eigenvalue weighted by Crippen LogP contribution is 2.27. The van der Waals surface area contributed by atoms with Gasteiger partial charge in [0, 0.05) is 12.6 Å². The Labute approximate surface area is 155 Å². The molecular formula is C19H19FN4OS. The van der Waals surface area contributed by atoms with Crippen molar-refractivity contribution in [1.29, 1.82) is 0 Å². The van der Waals surface area contributed by atoms with Crippen molar-refractivity contribution in [3.05, 3.63) is 59.9 Å². The van der Waals surface area contributed by atoms with E-state index in [1.807, 2.05) is 42.8 Å². The summed E-state index contributed by atoms with van der Waals surface area (Å²) < 4.78 is 15.5. The smallest absolute Gasteiger partial charge is 0.237 e. The molecule has 0 unspecified atom stereocenters. The molecule has 3 rings (SSSR count). The van der Waals surface area contributed by atoms with Crippen LogP contribution in [-0.4, -0.2) is 25.9 Å². The zero-order chi connectivity index (χ0) is 18.7. The molecule has 134 valence electrons. The van der Waals surface area contributed by atoms with Crippen LogP contribution in [0.4, 0.5) is 10.1 Å². The molecule has 1 N–H and O–H groups in total. The highest BCUT2D eigenvalue weighted by atomic mass is 32.2. The molecule has 5 nitrogen and oxygen atoms in total.